The van der Waals surface area contributed by atoms with Crippen molar-refractivity contribution in [2.75, 3.05) is 6.61 Å². The molecule has 4 rings (SSSR count). The second kappa shape index (κ2) is 14.3. The van der Waals surface area contributed by atoms with Gasteiger partial charge < -0.3 is 9.84 Å². The number of hydrogen-bond donors (Lipinski definition) is 1. The van der Waals surface area contributed by atoms with Crippen LogP contribution in [0.3, 0.4) is 0 Å². The predicted molar refractivity (Wildman–Crippen MR) is 162 cm³/mol. The van der Waals surface area contributed by atoms with E-state index in [1.165, 1.54) is 79.2 Å². The molecule has 3 heteroatoms. The first-order valence-corrected chi connectivity index (χ1v) is 14.8. The quantitative estimate of drug-likeness (QED) is 0.146. The van der Waals surface area contributed by atoms with E-state index in [-0.39, 0.29) is 12.2 Å². The average Bonchev–Trinajstić information content (AvgIpc) is 3.00. The molecule has 0 amide bonds. The van der Waals surface area contributed by atoms with Gasteiger partial charge in [0.1, 0.15) is 6.61 Å². The van der Waals surface area contributed by atoms with Crippen LogP contribution in [0.15, 0.2) is 78.9 Å². The van der Waals surface area contributed by atoms with Gasteiger partial charge in [-0.1, -0.05) is 113 Å². The topological polar surface area (TPSA) is 46.5 Å². The minimum atomic E-state index is -0.567. The summed E-state index contributed by atoms with van der Waals surface area (Å²) in [4.78, 5) is 11.7. The summed E-state index contributed by atoms with van der Waals surface area (Å²) in [5.41, 5.74) is 8.72. The predicted octanol–water partition coefficient (Wildman–Crippen LogP) is 9.03. The first-order valence-electron chi connectivity index (χ1n) is 14.8. The molecule has 1 saturated carbocycles. The van der Waals surface area contributed by atoms with Gasteiger partial charge in [-0.15, -0.1) is 0 Å². The Morgan fingerprint density at radius 2 is 1.54 bits per heavy atom. The summed E-state index contributed by atoms with van der Waals surface area (Å²) in [6.45, 7) is 7.78. The highest BCUT2D eigenvalue weighted by Crippen LogP contribution is 2.38. The number of aryl methyl sites for hydroxylation is 1. The van der Waals surface area contributed by atoms with Crippen LogP contribution in [0.2, 0.25) is 0 Å². The number of aliphatic hydroxyl groups is 1. The van der Waals surface area contributed by atoms with Gasteiger partial charge >= 0.3 is 5.97 Å². The van der Waals surface area contributed by atoms with Crippen molar-refractivity contribution in [2.24, 2.45) is 5.92 Å². The number of ether oxygens (including phenoxy) is 1. The molecule has 0 atom stereocenters. The summed E-state index contributed by atoms with van der Waals surface area (Å²) in [5, 5.41) is 9.00. The molecule has 0 radical (unpaired) electrons. The van der Waals surface area contributed by atoms with Crippen LogP contribution in [0.5, 0.6) is 0 Å². The Hall–Kier alpha value is -3.17. The fourth-order valence-corrected chi connectivity index (χ4v) is 5.86. The lowest BCUT2D eigenvalue weighted by Crippen LogP contribution is -2.13. The van der Waals surface area contributed by atoms with Crippen molar-refractivity contribution in [1.82, 2.24) is 0 Å². The molecule has 0 aromatic heterocycles. The maximum atomic E-state index is 11.7. The zero-order valence-corrected chi connectivity index (χ0v) is 23.8. The molecule has 1 aliphatic carbocycles. The van der Waals surface area contributed by atoms with Crippen LogP contribution >= 0.6 is 0 Å². The number of esters is 1. The second-order valence-corrected chi connectivity index (χ2v) is 11.1. The van der Waals surface area contributed by atoms with E-state index >= 15 is 0 Å². The first-order chi connectivity index (χ1) is 19.0. The summed E-state index contributed by atoms with van der Waals surface area (Å²) >= 11 is 0. The zero-order chi connectivity index (χ0) is 27.6. The fraction of sp³-hybridized carbons (Fsp3) is 0.417. The van der Waals surface area contributed by atoms with E-state index in [0.717, 1.165) is 29.4 Å². The molecule has 1 N–H and O–H groups in total. The van der Waals surface area contributed by atoms with E-state index in [9.17, 15) is 4.79 Å². The summed E-state index contributed by atoms with van der Waals surface area (Å²) in [5.74, 6) is 1.10. The summed E-state index contributed by atoms with van der Waals surface area (Å²) in [7, 11) is 0. The van der Waals surface area contributed by atoms with Gasteiger partial charge in [0, 0.05) is 0 Å². The number of carbonyl (C=O) groups is 1. The van der Waals surface area contributed by atoms with Crippen LogP contribution in [-0.2, 0) is 22.6 Å². The molecule has 3 aromatic carbocycles. The Labute approximate surface area is 234 Å². The Morgan fingerprint density at radius 3 is 2.18 bits per heavy atom. The third-order valence-corrected chi connectivity index (χ3v) is 8.38. The van der Waals surface area contributed by atoms with Gasteiger partial charge in [-0.3, -0.25) is 0 Å². The number of hydrogen-bond acceptors (Lipinski definition) is 3. The molecule has 0 spiro atoms. The van der Waals surface area contributed by atoms with Crippen LogP contribution in [0.4, 0.5) is 0 Å². The highest BCUT2D eigenvalue weighted by atomic mass is 16.5. The Balaban J connectivity index is 1.39. The van der Waals surface area contributed by atoms with Crippen LogP contribution in [-0.4, -0.2) is 17.7 Å². The SMILES string of the molecule is C=C(CO)C(=O)OCc1ccc(-c2ccc(-c3ccc(C4CCC(CCCCC)CC4)cc3)c(CC)c2)cc1. The molecule has 0 unspecified atom stereocenters. The van der Waals surface area contributed by atoms with Gasteiger partial charge in [0.05, 0.1) is 12.2 Å². The molecular formula is C36H44O3. The fourth-order valence-electron chi connectivity index (χ4n) is 5.86. The number of unbranched alkanes of at least 4 members (excludes halogenated alkanes) is 2. The van der Waals surface area contributed by atoms with Crippen LogP contribution < -0.4 is 0 Å². The van der Waals surface area contributed by atoms with Crippen molar-refractivity contribution in [3.63, 3.8) is 0 Å². The Bertz CT molecular complexity index is 1220. The van der Waals surface area contributed by atoms with Crippen molar-refractivity contribution in [3.05, 3.63) is 95.6 Å². The first kappa shape index (κ1) is 28.8. The molecule has 206 valence electrons. The van der Waals surface area contributed by atoms with E-state index in [1.54, 1.807) is 0 Å². The Morgan fingerprint density at radius 1 is 0.872 bits per heavy atom. The minimum absolute atomic E-state index is 0.0636. The number of aliphatic hydroxyl groups excluding tert-OH is 1. The second-order valence-electron chi connectivity index (χ2n) is 11.1. The van der Waals surface area contributed by atoms with Gasteiger partial charge in [-0.05, 0) is 82.9 Å². The third kappa shape index (κ3) is 7.70. The normalized spacial score (nSPS) is 17.1. The zero-order valence-electron chi connectivity index (χ0n) is 23.8. The summed E-state index contributed by atoms with van der Waals surface area (Å²) in [6, 6.07) is 24.2. The van der Waals surface area contributed by atoms with Crippen molar-refractivity contribution in [2.45, 2.75) is 84.2 Å². The maximum absolute atomic E-state index is 11.7. The monoisotopic (exact) mass is 524 g/mol. The molecular weight excluding hydrogens is 480 g/mol. The summed E-state index contributed by atoms with van der Waals surface area (Å²) in [6.07, 6.45) is 12.0. The van der Waals surface area contributed by atoms with Crippen molar-refractivity contribution in [3.8, 4) is 22.3 Å². The molecule has 1 aliphatic rings. The van der Waals surface area contributed by atoms with Gasteiger partial charge in [-0.25, -0.2) is 4.79 Å². The highest BCUT2D eigenvalue weighted by Gasteiger charge is 2.22. The number of benzene rings is 3. The molecule has 0 saturated heterocycles. The number of carbonyl (C=O) groups excluding carboxylic acids is 1. The molecule has 1 fully saturated rings. The van der Waals surface area contributed by atoms with Gasteiger partial charge in [-0.2, -0.15) is 0 Å². The van der Waals surface area contributed by atoms with Crippen molar-refractivity contribution in [1.29, 1.82) is 0 Å². The largest absolute Gasteiger partial charge is 0.457 e. The molecule has 39 heavy (non-hydrogen) atoms. The van der Waals surface area contributed by atoms with E-state index in [2.05, 4.69) is 75.0 Å². The molecule has 3 nitrogen and oxygen atoms in total. The smallest absolute Gasteiger partial charge is 0.336 e. The molecule has 3 aromatic rings. The van der Waals surface area contributed by atoms with Crippen LogP contribution in [0.25, 0.3) is 22.3 Å². The lowest BCUT2D eigenvalue weighted by atomic mass is 9.77. The maximum Gasteiger partial charge on any atom is 0.336 e. The average molecular weight is 525 g/mol. The number of rotatable bonds is 12. The van der Waals surface area contributed by atoms with E-state index in [1.807, 2.05) is 12.1 Å². The molecule has 0 aliphatic heterocycles. The van der Waals surface area contributed by atoms with Crippen LogP contribution in [0.1, 0.15) is 87.8 Å². The summed E-state index contributed by atoms with van der Waals surface area (Å²) < 4.78 is 5.20. The third-order valence-electron chi connectivity index (χ3n) is 8.38. The lowest BCUT2D eigenvalue weighted by Gasteiger charge is -2.29. The molecule has 0 bridgehead atoms. The van der Waals surface area contributed by atoms with E-state index in [4.69, 9.17) is 9.84 Å². The Kier molecular flexibility index (Phi) is 10.6. The van der Waals surface area contributed by atoms with E-state index < -0.39 is 12.6 Å². The van der Waals surface area contributed by atoms with Crippen molar-refractivity contribution >= 4 is 5.97 Å². The van der Waals surface area contributed by atoms with Gasteiger partial charge in [0.25, 0.3) is 0 Å². The van der Waals surface area contributed by atoms with E-state index in [0.29, 0.717) is 0 Å². The van der Waals surface area contributed by atoms with Gasteiger partial charge in [0.15, 0.2) is 0 Å². The standard InChI is InChI=1S/C36H44O3/c1-4-6-7-8-27-9-13-30(14-10-27)31-17-19-33(20-18-31)35-22-21-34(23-29(35)5-2)32-15-11-28(12-16-32)25-39-36(38)26(3)24-37/h11-12,15-23,27,30,37H,3-10,13-14,24-25H2,1-2H3. The lowest BCUT2D eigenvalue weighted by molar-refractivity contribution is -0.140. The van der Waals surface area contributed by atoms with Crippen LogP contribution in [0, 0.1) is 5.92 Å². The molecule has 0 heterocycles. The highest BCUT2D eigenvalue weighted by molar-refractivity contribution is 5.87. The minimum Gasteiger partial charge on any atom is -0.457 e. The van der Waals surface area contributed by atoms with Gasteiger partial charge in [0.2, 0.25) is 0 Å². The van der Waals surface area contributed by atoms with Crippen molar-refractivity contribution < 1.29 is 14.6 Å².